The Labute approximate surface area is 156 Å². The van der Waals surface area contributed by atoms with Gasteiger partial charge in [0.2, 0.25) is 5.88 Å². The molecule has 0 aliphatic rings. The van der Waals surface area contributed by atoms with Gasteiger partial charge in [0.25, 0.3) is 5.91 Å². The fraction of sp³-hybridized carbons (Fsp3) is 0.211. The Morgan fingerprint density at radius 3 is 2.81 bits per heavy atom. The third kappa shape index (κ3) is 4.21. The summed E-state index contributed by atoms with van der Waals surface area (Å²) in [6, 6.07) is 12.6. The minimum atomic E-state index is -0.282. The van der Waals surface area contributed by atoms with E-state index in [1.54, 1.807) is 35.3 Å². The fourth-order valence-electron chi connectivity index (χ4n) is 2.37. The van der Waals surface area contributed by atoms with Crippen molar-refractivity contribution < 1.29 is 9.53 Å². The lowest BCUT2D eigenvalue weighted by Gasteiger charge is -2.13. The van der Waals surface area contributed by atoms with E-state index in [2.05, 4.69) is 15.4 Å². The second kappa shape index (κ2) is 8.01. The lowest BCUT2D eigenvalue weighted by molar-refractivity contribution is 0.0945. The molecule has 3 rings (SSSR count). The van der Waals surface area contributed by atoms with Gasteiger partial charge >= 0.3 is 0 Å². The highest BCUT2D eigenvalue weighted by atomic mass is 35.5. The molecule has 0 aliphatic carbocycles. The van der Waals surface area contributed by atoms with Gasteiger partial charge in [-0.3, -0.25) is 4.79 Å². The van der Waals surface area contributed by atoms with Gasteiger partial charge in [-0.15, -0.1) is 0 Å². The Hall–Kier alpha value is -2.86. The summed E-state index contributed by atoms with van der Waals surface area (Å²) in [4.78, 5) is 16.6. The van der Waals surface area contributed by atoms with Crippen molar-refractivity contribution in [1.29, 1.82) is 0 Å². The van der Waals surface area contributed by atoms with Crippen LogP contribution in [0.15, 0.2) is 54.9 Å². The van der Waals surface area contributed by atoms with Crippen molar-refractivity contribution in [3.05, 3.63) is 71.1 Å². The summed E-state index contributed by atoms with van der Waals surface area (Å²) in [5.74, 6) is 0.236. The van der Waals surface area contributed by atoms with Gasteiger partial charge in [0.05, 0.1) is 16.8 Å². The third-order valence-electron chi connectivity index (χ3n) is 3.56. The number of nitrogens with one attached hydrogen (secondary N) is 1. The predicted molar refractivity (Wildman–Crippen MR) is 99.7 cm³/mol. The summed E-state index contributed by atoms with van der Waals surface area (Å²) in [7, 11) is 0. The molecule has 26 heavy (non-hydrogen) atoms. The minimum absolute atomic E-state index is 0.00525. The molecular weight excluding hydrogens is 352 g/mol. The lowest BCUT2D eigenvalue weighted by atomic mass is 10.2. The largest absolute Gasteiger partial charge is 0.475 e. The fourth-order valence-corrected chi connectivity index (χ4v) is 2.59. The Morgan fingerprint density at radius 2 is 2.04 bits per heavy atom. The van der Waals surface area contributed by atoms with Gasteiger partial charge in [-0.2, -0.15) is 5.10 Å². The van der Waals surface area contributed by atoms with Crippen molar-refractivity contribution in [2.45, 2.75) is 26.5 Å². The second-order valence-electron chi connectivity index (χ2n) is 5.91. The van der Waals surface area contributed by atoms with Gasteiger partial charge < -0.3 is 10.1 Å². The maximum atomic E-state index is 12.4. The number of rotatable bonds is 6. The predicted octanol–water partition coefficient (Wildman–Crippen LogP) is 3.64. The highest BCUT2D eigenvalue weighted by Gasteiger charge is 2.13. The van der Waals surface area contributed by atoms with Gasteiger partial charge in [0.15, 0.2) is 5.69 Å². The molecule has 6 nitrogen and oxygen atoms in total. The zero-order chi connectivity index (χ0) is 18.5. The summed E-state index contributed by atoms with van der Waals surface area (Å²) in [6.07, 6.45) is 3.37. The number of ether oxygens (including phenoxy) is 1. The molecule has 1 amide bonds. The van der Waals surface area contributed by atoms with E-state index in [0.29, 0.717) is 28.8 Å². The molecule has 1 N–H and O–H groups in total. The van der Waals surface area contributed by atoms with Crippen LogP contribution < -0.4 is 10.1 Å². The topological polar surface area (TPSA) is 69.0 Å². The number of carbonyl (C=O) groups excluding carboxylic acids is 1. The van der Waals surface area contributed by atoms with E-state index in [4.69, 9.17) is 16.3 Å². The highest BCUT2D eigenvalue weighted by molar-refractivity contribution is 6.32. The van der Waals surface area contributed by atoms with E-state index < -0.39 is 0 Å². The Kier molecular flexibility index (Phi) is 5.53. The average Bonchev–Trinajstić information content (AvgIpc) is 3.10. The van der Waals surface area contributed by atoms with Crippen LogP contribution >= 0.6 is 11.6 Å². The standard InChI is InChI=1S/C19H19ClN4O2/c1-13(2)26-19-14(6-5-10-21-19)12-22-18(25)16-9-11-24(23-16)17-8-4-3-7-15(17)20/h3-11,13H,12H2,1-2H3,(H,22,25). The van der Waals surface area contributed by atoms with Gasteiger partial charge in [-0.05, 0) is 38.1 Å². The van der Waals surface area contributed by atoms with Crippen LogP contribution in [0.3, 0.4) is 0 Å². The molecule has 0 unspecified atom stereocenters. The van der Waals surface area contributed by atoms with Gasteiger partial charge in [0, 0.05) is 24.5 Å². The van der Waals surface area contributed by atoms with Crippen LogP contribution in [0, 0.1) is 0 Å². The lowest BCUT2D eigenvalue weighted by Crippen LogP contribution is -2.24. The van der Waals surface area contributed by atoms with Crippen LogP contribution in [0.2, 0.25) is 5.02 Å². The number of amides is 1. The number of carbonyl (C=O) groups is 1. The SMILES string of the molecule is CC(C)Oc1ncccc1CNC(=O)c1ccn(-c2ccccc2Cl)n1. The summed E-state index contributed by atoms with van der Waals surface area (Å²) < 4.78 is 7.24. The first-order valence-corrected chi connectivity index (χ1v) is 8.61. The molecule has 0 spiro atoms. The average molecular weight is 371 g/mol. The Balaban J connectivity index is 1.69. The van der Waals surface area contributed by atoms with Gasteiger partial charge in [0.1, 0.15) is 0 Å². The highest BCUT2D eigenvalue weighted by Crippen LogP contribution is 2.19. The number of nitrogens with zero attached hydrogens (tertiary/aromatic N) is 3. The molecule has 0 saturated carbocycles. The first-order valence-electron chi connectivity index (χ1n) is 8.24. The van der Waals surface area contributed by atoms with Crippen molar-refractivity contribution >= 4 is 17.5 Å². The minimum Gasteiger partial charge on any atom is -0.475 e. The van der Waals surface area contributed by atoms with E-state index in [1.165, 1.54) is 0 Å². The number of aromatic nitrogens is 3. The summed E-state index contributed by atoms with van der Waals surface area (Å²) in [6.45, 7) is 4.16. The van der Waals surface area contributed by atoms with Gasteiger partial charge in [-0.25, -0.2) is 9.67 Å². The smallest absolute Gasteiger partial charge is 0.272 e. The maximum absolute atomic E-state index is 12.4. The van der Waals surface area contributed by atoms with Crippen LogP contribution in [-0.2, 0) is 6.54 Å². The molecule has 7 heteroatoms. The third-order valence-corrected chi connectivity index (χ3v) is 3.88. The van der Waals surface area contributed by atoms with Crippen LogP contribution in [0.5, 0.6) is 5.88 Å². The van der Waals surface area contributed by atoms with Crippen molar-refractivity contribution in [3.63, 3.8) is 0 Å². The van der Waals surface area contributed by atoms with Crippen LogP contribution in [0.25, 0.3) is 5.69 Å². The number of halogens is 1. The van der Waals surface area contributed by atoms with E-state index >= 15 is 0 Å². The number of para-hydroxylation sites is 1. The van der Waals surface area contributed by atoms with E-state index in [9.17, 15) is 4.79 Å². The molecule has 0 atom stereocenters. The molecule has 0 aliphatic heterocycles. The molecular formula is C19H19ClN4O2. The van der Waals surface area contributed by atoms with Crippen LogP contribution in [0.1, 0.15) is 29.9 Å². The molecule has 2 heterocycles. The number of benzene rings is 1. The molecule has 0 saturated heterocycles. The first kappa shape index (κ1) is 17.9. The summed E-state index contributed by atoms with van der Waals surface area (Å²) in [5.41, 5.74) is 1.83. The number of hydrogen-bond acceptors (Lipinski definition) is 4. The van der Waals surface area contributed by atoms with Crippen molar-refractivity contribution in [2.24, 2.45) is 0 Å². The van der Waals surface area contributed by atoms with E-state index in [1.807, 2.05) is 38.1 Å². The summed E-state index contributed by atoms with van der Waals surface area (Å²) >= 11 is 6.17. The monoisotopic (exact) mass is 370 g/mol. The van der Waals surface area contributed by atoms with Crippen LogP contribution in [-0.4, -0.2) is 26.8 Å². The van der Waals surface area contributed by atoms with Crippen LogP contribution in [0.4, 0.5) is 0 Å². The zero-order valence-electron chi connectivity index (χ0n) is 14.5. The molecule has 0 fully saturated rings. The molecule has 0 radical (unpaired) electrons. The van der Waals surface area contributed by atoms with E-state index in [-0.39, 0.29) is 12.0 Å². The number of pyridine rings is 1. The van der Waals surface area contributed by atoms with Crippen molar-refractivity contribution in [2.75, 3.05) is 0 Å². The normalized spacial score (nSPS) is 10.8. The second-order valence-corrected chi connectivity index (χ2v) is 6.32. The molecule has 0 bridgehead atoms. The molecule has 3 aromatic rings. The number of hydrogen-bond donors (Lipinski definition) is 1. The van der Waals surface area contributed by atoms with Crippen molar-refractivity contribution in [3.8, 4) is 11.6 Å². The molecule has 1 aromatic carbocycles. The zero-order valence-corrected chi connectivity index (χ0v) is 15.3. The first-order chi connectivity index (χ1) is 12.5. The Morgan fingerprint density at radius 1 is 1.23 bits per heavy atom. The molecule has 134 valence electrons. The maximum Gasteiger partial charge on any atom is 0.272 e. The Bertz CT molecular complexity index is 908. The quantitative estimate of drug-likeness (QED) is 0.719. The van der Waals surface area contributed by atoms with Crippen molar-refractivity contribution in [1.82, 2.24) is 20.1 Å². The van der Waals surface area contributed by atoms with Gasteiger partial charge in [-0.1, -0.05) is 29.8 Å². The summed E-state index contributed by atoms with van der Waals surface area (Å²) in [5, 5.41) is 7.70. The molecule has 2 aromatic heterocycles. The van der Waals surface area contributed by atoms with E-state index in [0.717, 1.165) is 5.56 Å².